The second-order valence-electron chi connectivity index (χ2n) is 7.50. The first-order valence-corrected chi connectivity index (χ1v) is 10.9. The Hall–Kier alpha value is -4.07. The summed E-state index contributed by atoms with van der Waals surface area (Å²) in [5.41, 5.74) is 1.23. The number of benzene rings is 1. The first-order chi connectivity index (χ1) is 17.2. The highest BCUT2D eigenvalue weighted by Crippen LogP contribution is 2.28. The minimum absolute atomic E-state index is 0.00676. The average molecular weight is 518 g/mol. The molecule has 0 aliphatic carbocycles. The number of aryl methyl sites for hydroxylation is 2. The molecule has 0 saturated heterocycles. The number of hydrogen-bond acceptors (Lipinski definition) is 9. The normalized spacial score (nSPS) is 11.6. The van der Waals surface area contributed by atoms with Gasteiger partial charge in [0, 0.05) is 37.3 Å². The molecular weight excluding hydrogens is 494 g/mol. The number of ether oxygens (including phenoxy) is 2. The van der Waals surface area contributed by atoms with E-state index in [1.807, 2.05) is 0 Å². The highest BCUT2D eigenvalue weighted by molar-refractivity contribution is 6.30. The van der Waals surface area contributed by atoms with Gasteiger partial charge in [0.2, 0.25) is 0 Å². The second-order valence-corrected chi connectivity index (χ2v) is 7.94. The van der Waals surface area contributed by atoms with Crippen molar-refractivity contribution in [3.63, 3.8) is 0 Å². The molecule has 0 amide bonds. The Morgan fingerprint density at radius 2 is 1.31 bits per heavy atom. The molecule has 13 nitrogen and oxygen atoms in total. The summed E-state index contributed by atoms with van der Waals surface area (Å²) in [6, 6.07) is 6.81. The van der Waals surface area contributed by atoms with Crippen molar-refractivity contribution in [2.75, 3.05) is 19.1 Å². The molecule has 2 aromatic heterocycles. The predicted molar refractivity (Wildman–Crippen MR) is 133 cm³/mol. The van der Waals surface area contributed by atoms with Crippen LogP contribution in [0.2, 0.25) is 5.02 Å². The zero-order valence-electron chi connectivity index (χ0n) is 20.0. The van der Waals surface area contributed by atoms with Gasteiger partial charge in [-0.25, -0.2) is 9.36 Å². The van der Waals surface area contributed by atoms with Crippen molar-refractivity contribution in [3.8, 4) is 0 Å². The van der Waals surface area contributed by atoms with Gasteiger partial charge in [0.1, 0.15) is 36.2 Å². The molecule has 190 valence electrons. The van der Waals surface area contributed by atoms with E-state index in [-0.39, 0.29) is 47.6 Å². The van der Waals surface area contributed by atoms with Crippen LogP contribution in [0, 0.1) is 34.1 Å². The summed E-state index contributed by atoms with van der Waals surface area (Å²) in [7, 11) is 2.91. The molecule has 0 bridgehead atoms. The van der Waals surface area contributed by atoms with Gasteiger partial charge in [-0.05, 0) is 50.3 Å². The molecule has 0 radical (unpaired) electrons. The first-order valence-electron chi connectivity index (χ1n) is 10.5. The molecule has 0 aliphatic rings. The van der Waals surface area contributed by atoms with Crippen molar-refractivity contribution in [2.24, 2.45) is 0 Å². The van der Waals surface area contributed by atoms with E-state index in [1.165, 1.54) is 49.6 Å². The summed E-state index contributed by atoms with van der Waals surface area (Å²) < 4.78 is 13.0. The third-order valence-corrected chi connectivity index (χ3v) is 5.30. The average Bonchev–Trinajstić information content (AvgIpc) is 3.30. The van der Waals surface area contributed by atoms with Crippen LogP contribution < -0.4 is 4.90 Å². The van der Waals surface area contributed by atoms with E-state index >= 15 is 0 Å². The largest absolute Gasteiger partial charge is 0.362 e. The number of nitro groups is 2. The third kappa shape index (κ3) is 5.76. The van der Waals surface area contributed by atoms with E-state index in [1.54, 1.807) is 41.6 Å². The zero-order valence-corrected chi connectivity index (χ0v) is 20.7. The van der Waals surface area contributed by atoms with Gasteiger partial charge >= 0.3 is 11.4 Å². The first kappa shape index (κ1) is 26.5. The third-order valence-electron chi connectivity index (χ3n) is 5.05. The predicted octanol–water partition coefficient (Wildman–Crippen LogP) is 4.52. The van der Waals surface area contributed by atoms with E-state index in [9.17, 15) is 20.2 Å². The SMILES string of the molecule is COCn1nc(C)c([N+](=O)[O-])c1C=CN(C=Cc1c([N+](=O)[O-])c(C)nn1COC)c1ccc(Cl)cc1. The zero-order chi connectivity index (χ0) is 26.4. The Labute approximate surface area is 211 Å². The number of halogens is 1. The molecule has 2 heterocycles. The number of anilines is 1. The summed E-state index contributed by atoms with van der Waals surface area (Å²) in [5.74, 6) is 0. The minimum atomic E-state index is -0.508. The number of rotatable bonds is 11. The molecule has 3 rings (SSSR count). The van der Waals surface area contributed by atoms with Crippen molar-refractivity contribution >= 4 is 40.8 Å². The number of hydrogen-bond donors (Lipinski definition) is 0. The van der Waals surface area contributed by atoms with Crippen LogP contribution >= 0.6 is 11.6 Å². The van der Waals surface area contributed by atoms with Gasteiger partial charge in [-0.1, -0.05) is 11.6 Å². The van der Waals surface area contributed by atoms with Crippen LogP contribution in [0.1, 0.15) is 22.8 Å². The van der Waals surface area contributed by atoms with E-state index < -0.39 is 9.85 Å². The van der Waals surface area contributed by atoms with Gasteiger partial charge in [0.15, 0.2) is 0 Å². The summed E-state index contributed by atoms with van der Waals surface area (Å²) in [4.78, 5) is 24.0. The molecule has 0 atom stereocenters. The van der Waals surface area contributed by atoms with Crippen LogP contribution in [0.4, 0.5) is 17.1 Å². The van der Waals surface area contributed by atoms with Crippen molar-refractivity contribution in [1.82, 2.24) is 19.6 Å². The quantitative estimate of drug-likeness (QED) is 0.264. The molecule has 0 unspecified atom stereocenters. The lowest BCUT2D eigenvalue weighted by atomic mass is 10.2. The van der Waals surface area contributed by atoms with Gasteiger partial charge in [-0.2, -0.15) is 10.2 Å². The summed E-state index contributed by atoms with van der Waals surface area (Å²) in [5, 5.41) is 32.2. The summed E-state index contributed by atoms with van der Waals surface area (Å²) in [6.45, 7) is 3.09. The monoisotopic (exact) mass is 517 g/mol. The van der Waals surface area contributed by atoms with Crippen molar-refractivity contribution in [3.05, 3.63) is 84.7 Å². The molecule has 3 aromatic rings. The Balaban J connectivity index is 2.11. The highest BCUT2D eigenvalue weighted by atomic mass is 35.5. The molecular formula is C22H24ClN7O6. The van der Waals surface area contributed by atoms with E-state index in [4.69, 9.17) is 21.1 Å². The molecule has 36 heavy (non-hydrogen) atoms. The van der Waals surface area contributed by atoms with Crippen molar-refractivity contribution in [2.45, 2.75) is 27.3 Å². The van der Waals surface area contributed by atoms with Crippen LogP contribution in [0.25, 0.3) is 12.2 Å². The maximum absolute atomic E-state index is 11.7. The van der Waals surface area contributed by atoms with Crippen molar-refractivity contribution < 1.29 is 19.3 Å². The lowest BCUT2D eigenvalue weighted by Gasteiger charge is -2.16. The maximum atomic E-state index is 11.7. The molecule has 14 heteroatoms. The van der Waals surface area contributed by atoms with Gasteiger partial charge in [0.05, 0.1) is 9.85 Å². The highest BCUT2D eigenvalue weighted by Gasteiger charge is 2.25. The Kier molecular flexibility index (Phi) is 8.53. The fraction of sp³-hybridized carbons (Fsp3) is 0.273. The van der Waals surface area contributed by atoms with Gasteiger partial charge in [-0.15, -0.1) is 0 Å². The lowest BCUT2D eigenvalue weighted by Crippen LogP contribution is -2.09. The van der Waals surface area contributed by atoms with Gasteiger partial charge in [-0.3, -0.25) is 20.2 Å². The van der Waals surface area contributed by atoms with E-state index in [2.05, 4.69) is 10.2 Å². The van der Waals surface area contributed by atoms with E-state index in [0.29, 0.717) is 10.7 Å². The molecule has 0 N–H and O–H groups in total. The Morgan fingerprint density at radius 1 is 0.889 bits per heavy atom. The Bertz CT molecular complexity index is 1240. The molecule has 0 spiro atoms. The van der Waals surface area contributed by atoms with Crippen LogP contribution in [-0.4, -0.2) is 43.6 Å². The topological polar surface area (TPSA) is 144 Å². The molecule has 0 fully saturated rings. The lowest BCUT2D eigenvalue weighted by molar-refractivity contribution is -0.385. The fourth-order valence-corrected chi connectivity index (χ4v) is 3.67. The fourth-order valence-electron chi connectivity index (χ4n) is 3.54. The van der Waals surface area contributed by atoms with Crippen LogP contribution in [0.3, 0.4) is 0 Å². The van der Waals surface area contributed by atoms with Crippen LogP contribution in [0.5, 0.6) is 0 Å². The number of aromatic nitrogens is 4. The van der Waals surface area contributed by atoms with Crippen LogP contribution in [-0.2, 0) is 22.9 Å². The smallest absolute Gasteiger partial charge is 0.317 e. The summed E-state index contributed by atoms with van der Waals surface area (Å²) >= 11 is 6.03. The standard InChI is InChI=1S/C22H24ClN7O6/c1-15-21(29(31)32)19(27(24-15)13-35-3)9-11-26(18-7-5-17(23)6-8-18)12-10-20-22(30(33)34)16(2)25-28(20)14-36-4/h5-12H,13-14H2,1-4H3. The molecule has 0 saturated carbocycles. The molecule has 0 aliphatic heterocycles. The maximum Gasteiger partial charge on any atom is 0.317 e. The second kappa shape index (κ2) is 11.6. The number of methoxy groups -OCH3 is 2. The number of nitrogens with zero attached hydrogens (tertiary/aromatic N) is 7. The summed E-state index contributed by atoms with van der Waals surface area (Å²) in [6.07, 6.45) is 6.18. The van der Waals surface area contributed by atoms with Crippen LogP contribution in [0.15, 0.2) is 36.7 Å². The molecule has 1 aromatic carbocycles. The Morgan fingerprint density at radius 3 is 1.67 bits per heavy atom. The van der Waals surface area contributed by atoms with E-state index in [0.717, 1.165) is 0 Å². The van der Waals surface area contributed by atoms with Crippen molar-refractivity contribution in [1.29, 1.82) is 0 Å². The van der Waals surface area contributed by atoms with Gasteiger partial charge in [0.25, 0.3) is 0 Å². The van der Waals surface area contributed by atoms with Gasteiger partial charge < -0.3 is 14.4 Å². The minimum Gasteiger partial charge on any atom is -0.362 e.